The van der Waals surface area contributed by atoms with Gasteiger partial charge < -0.3 is 15.0 Å². The molecule has 2 aliphatic rings. The molecule has 16 heavy (non-hydrogen) atoms. The first-order valence-corrected chi connectivity index (χ1v) is 5.41. The van der Waals surface area contributed by atoms with E-state index in [9.17, 15) is 13.6 Å². The number of amides is 1. The van der Waals surface area contributed by atoms with Crippen LogP contribution in [0.5, 0.6) is 0 Å². The number of hydrogen-bond acceptors (Lipinski definition) is 3. The predicted molar refractivity (Wildman–Crippen MR) is 53.3 cm³/mol. The summed E-state index contributed by atoms with van der Waals surface area (Å²) in [6.45, 7) is 0.916. The lowest BCUT2D eigenvalue weighted by Crippen LogP contribution is -2.53. The molecule has 0 saturated carbocycles. The zero-order valence-corrected chi connectivity index (χ0v) is 9.21. The van der Waals surface area contributed by atoms with Crippen LogP contribution in [0.1, 0.15) is 6.42 Å². The van der Waals surface area contributed by atoms with Gasteiger partial charge >= 0.3 is 0 Å². The van der Waals surface area contributed by atoms with Crippen LogP contribution in [0.25, 0.3) is 0 Å². The van der Waals surface area contributed by atoms with Gasteiger partial charge in [-0.1, -0.05) is 0 Å². The first kappa shape index (κ1) is 11.7. The Morgan fingerprint density at radius 2 is 2.25 bits per heavy atom. The third-order valence-electron chi connectivity index (χ3n) is 3.15. The fourth-order valence-electron chi connectivity index (χ4n) is 2.19. The van der Waals surface area contributed by atoms with Crippen LogP contribution < -0.4 is 5.32 Å². The molecule has 0 aromatic carbocycles. The minimum atomic E-state index is -2.77. The smallest absolute Gasteiger partial charge is 0.267 e. The number of nitrogens with zero attached hydrogens (tertiary/aromatic N) is 1. The van der Waals surface area contributed by atoms with Crippen molar-refractivity contribution in [3.63, 3.8) is 0 Å². The molecule has 0 aromatic heterocycles. The maximum atomic E-state index is 13.2. The molecule has 0 spiro atoms. The Morgan fingerprint density at radius 3 is 2.75 bits per heavy atom. The largest absolute Gasteiger partial charge is 0.383 e. The Morgan fingerprint density at radius 1 is 1.56 bits per heavy atom. The lowest BCUT2D eigenvalue weighted by atomic mass is 10.0. The molecular formula is C10H16F2N2O2. The van der Waals surface area contributed by atoms with Gasteiger partial charge in [0, 0.05) is 26.6 Å². The van der Waals surface area contributed by atoms with Gasteiger partial charge in [0.05, 0.1) is 25.1 Å². The van der Waals surface area contributed by atoms with E-state index in [1.807, 2.05) is 0 Å². The van der Waals surface area contributed by atoms with Gasteiger partial charge in [-0.05, 0) is 0 Å². The molecule has 2 rings (SSSR count). The molecule has 2 fully saturated rings. The topological polar surface area (TPSA) is 41.6 Å². The molecule has 0 aliphatic carbocycles. The van der Waals surface area contributed by atoms with E-state index in [-0.39, 0.29) is 24.9 Å². The van der Waals surface area contributed by atoms with Crippen LogP contribution in [-0.4, -0.2) is 56.1 Å². The molecule has 0 radical (unpaired) electrons. The van der Waals surface area contributed by atoms with Crippen molar-refractivity contribution >= 4 is 5.91 Å². The highest BCUT2D eigenvalue weighted by Crippen LogP contribution is 2.33. The van der Waals surface area contributed by atoms with E-state index < -0.39 is 18.5 Å². The van der Waals surface area contributed by atoms with E-state index in [0.29, 0.717) is 13.1 Å². The summed E-state index contributed by atoms with van der Waals surface area (Å²) in [5, 5.41) is 2.97. The second-order valence-electron chi connectivity index (χ2n) is 4.49. The molecule has 1 amide bonds. The molecular weight excluding hydrogens is 218 g/mol. The number of ether oxygens (including phenoxy) is 1. The van der Waals surface area contributed by atoms with Crippen LogP contribution in [0.3, 0.4) is 0 Å². The van der Waals surface area contributed by atoms with Crippen LogP contribution in [0, 0.1) is 5.92 Å². The molecule has 2 aliphatic heterocycles. The van der Waals surface area contributed by atoms with Gasteiger partial charge in [0.15, 0.2) is 0 Å². The number of methoxy groups -OCH3 is 1. The zero-order chi connectivity index (χ0) is 11.8. The summed E-state index contributed by atoms with van der Waals surface area (Å²) in [6.07, 6.45) is -0.285. The van der Waals surface area contributed by atoms with Crippen LogP contribution in [-0.2, 0) is 9.53 Å². The molecule has 0 aromatic rings. The Kier molecular flexibility index (Phi) is 3.12. The quantitative estimate of drug-likeness (QED) is 0.752. The summed E-state index contributed by atoms with van der Waals surface area (Å²) < 4.78 is 31.4. The molecule has 1 N–H and O–H groups in total. The van der Waals surface area contributed by atoms with Crippen LogP contribution in [0.4, 0.5) is 8.78 Å². The second kappa shape index (κ2) is 4.25. The SMILES string of the molecule is COC[C@H]1CC(F)(F)CN1C(=O)C1CNC1. The molecule has 0 unspecified atom stereocenters. The minimum absolute atomic E-state index is 0.131. The van der Waals surface area contributed by atoms with Gasteiger partial charge in [0.1, 0.15) is 0 Å². The van der Waals surface area contributed by atoms with Gasteiger partial charge in [0.25, 0.3) is 5.92 Å². The molecule has 6 heteroatoms. The minimum Gasteiger partial charge on any atom is -0.383 e. The van der Waals surface area contributed by atoms with Gasteiger partial charge in [-0.3, -0.25) is 4.79 Å². The molecule has 2 saturated heterocycles. The maximum absolute atomic E-state index is 13.2. The lowest BCUT2D eigenvalue weighted by Gasteiger charge is -2.32. The molecule has 1 atom stereocenters. The van der Waals surface area contributed by atoms with Crippen molar-refractivity contribution < 1.29 is 18.3 Å². The maximum Gasteiger partial charge on any atom is 0.267 e. The standard InChI is InChI=1S/C10H16F2N2O2/c1-16-5-8-2-10(11,12)6-14(8)9(15)7-3-13-4-7/h7-8,13H,2-6H2,1H3/t8-/m1/s1. The van der Waals surface area contributed by atoms with E-state index in [2.05, 4.69) is 5.32 Å². The van der Waals surface area contributed by atoms with Crippen molar-refractivity contribution in [1.82, 2.24) is 10.2 Å². The number of hydrogen-bond donors (Lipinski definition) is 1. The molecule has 4 nitrogen and oxygen atoms in total. The van der Waals surface area contributed by atoms with E-state index >= 15 is 0 Å². The van der Waals surface area contributed by atoms with E-state index in [4.69, 9.17) is 4.74 Å². The molecule has 0 bridgehead atoms. The van der Waals surface area contributed by atoms with Crippen LogP contribution in [0.15, 0.2) is 0 Å². The second-order valence-corrected chi connectivity index (χ2v) is 4.49. The summed E-state index contributed by atoms with van der Waals surface area (Å²) in [6, 6.07) is -0.479. The number of carbonyl (C=O) groups excluding carboxylic acids is 1. The van der Waals surface area contributed by atoms with Crippen molar-refractivity contribution in [2.75, 3.05) is 33.4 Å². The van der Waals surface area contributed by atoms with Gasteiger partial charge in [-0.25, -0.2) is 8.78 Å². The number of carbonyl (C=O) groups is 1. The number of rotatable bonds is 3. The Labute approximate surface area is 92.9 Å². The number of alkyl halides is 2. The highest BCUT2D eigenvalue weighted by Gasteiger charge is 2.48. The highest BCUT2D eigenvalue weighted by atomic mass is 19.3. The Balaban J connectivity index is 2.02. The summed E-state index contributed by atoms with van der Waals surface area (Å²) in [5.74, 6) is -3.07. The average molecular weight is 234 g/mol. The number of nitrogens with one attached hydrogen (secondary N) is 1. The van der Waals surface area contributed by atoms with Crippen molar-refractivity contribution in [2.45, 2.75) is 18.4 Å². The normalized spacial score (nSPS) is 29.2. The molecule has 2 heterocycles. The van der Waals surface area contributed by atoms with Crippen molar-refractivity contribution in [1.29, 1.82) is 0 Å². The average Bonchev–Trinajstić information content (AvgIpc) is 2.39. The van der Waals surface area contributed by atoms with E-state index in [0.717, 1.165) is 0 Å². The third kappa shape index (κ3) is 2.17. The number of halogens is 2. The fourth-order valence-corrected chi connectivity index (χ4v) is 2.19. The first-order chi connectivity index (χ1) is 7.53. The van der Waals surface area contributed by atoms with Crippen molar-refractivity contribution in [3.8, 4) is 0 Å². The van der Waals surface area contributed by atoms with E-state index in [1.54, 1.807) is 0 Å². The monoisotopic (exact) mass is 234 g/mol. The van der Waals surface area contributed by atoms with Crippen LogP contribution in [0.2, 0.25) is 0 Å². The Hall–Kier alpha value is -0.750. The van der Waals surface area contributed by atoms with E-state index in [1.165, 1.54) is 12.0 Å². The van der Waals surface area contributed by atoms with Crippen LogP contribution >= 0.6 is 0 Å². The fraction of sp³-hybridized carbons (Fsp3) is 0.900. The summed E-state index contributed by atoms with van der Waals surface area (Å²) in [7, 11) is 1.46. The highest BCUT2D eigenvalue weighted by molar-refractivity contribution is 5.81. The summed E-state index contributed by atoms with van der Waals surface area (Å²) in [4.78, 5) is 13.2. The lowest BCUT2D eigenvalue weighted by molar-refractivity contribution is -0.140. The van der Waals surface area contributed by atoms with Gasteiger partial charge in [-0.15, -0.1) is 0 Å². The van der Waals surface area contributed by atoms with Gasteiger partial charge in [-0.2, -0.15) is 0 Å². The molecule has 92 valence electrons. The van der Waals surface area contributed by atoms with Crippen molar-refractivity contribution in [3.05, 3.63) is 0 Å². The summed E-state index contributed by atoms with van der Waals surface area (Å²) in [5.41, 5.74) is 0. The number of likely N-dealkylation sites (tertiary alicyclic amines) is 1. The zero-order valence-electron chi connectivity index (χ0n) is 9.21. The summed E-state index contributed by atoms with van der Waals surface area (Å²) >= 11 is 0. The Bertz CT molecular complexity index is 282. The predicted octanol–water partition coefficient (Wildman–Crippen LogP) is 0.0884. The van der Waals surface area contributed by atoms with Gasteiger partial charge in [0.2, 0.25) is 5.91 Å². The first-order valence-electron chi connectivity index (χ1n) is 5.41. The van der Waals surface area contributed by atoms with Crippen molar-refractivity contribution in [2.24, 2.45) is 5.92 Å². The third-order valence-corrected chi connectivity index (χ3v) is 3.15.